The zero-order valence-electron chi connectivity index (χ0n) is 13.4. The molecule has 0 radical (unpaired) electrons. The van der Waals surface area contributed by atoms with Crippen LogP contribution in [0.2, 0.25) is 5.02 Å². The van der Waals surface area contributed by atoms with Crippen molar-refractivity contribution in [2.75, 3.05) is 11.1 Å². The van der Waals surface area contributed by atoms with Gasteiger partial charge in [-0.3, -0.25) is 9.36 Å². The topological polar surface area (TPSA) is 46.9 Å². The first kappa shape index (κ1) is 17.5. The first-order valence-electron chi connectivity index (χ1n) is 7.51. The molecule has 3 rings (SSSR count). The highest BCUT2D eigenvalue weighted by Gasteiger charge is 2.10. The van der Waals surface area contributed by atoms with Gasteiger partial charge in [-0.05, 0) is 48.9 Å². The summed E-state index contributed by atoms with van der Waals surface area (Å²) in [6.07, 6.45) is 3.41. The minimum absolute atomic E-state index is 0.154. The summed E-state index contributed by atoms with van der Waals surface area (Å²) in [7, 11) is 0. The SMILES string of the molecule is Cc1ccc(NC(=O)CSc2nccn2-c2ccc(F)cc2)cc1Cl. The Bertz CT molecular complexity index is 896. The summed E-state index contributed by atoms with van der Waals surface area (Å²) in [5, 5.41) is 4.07. The third-order valence-electron chi connectivity index (χ3n) is 3.50. The normalized spacial score (nSPS) is 10.7. The second-order valence-electron chi connectivity index (χ2n) is 5.36. The fraction of sp³-hybridized carbons (Fsp3) is 0.111. The first-order chi connectivity index (χ1) is 12.0. The predicted molar refractivity (Wildman–Crippen MR) is 99.1 cm³/mol. The Morgan fingerprint density at radius 2 is 2.04 bits per heavy atom. The molecule has 0 spiro atoms. The van der Waals surface area contributed by atoms with Gasteiger partial charge in [0.1, 0.15) is 5.82 Å². The maximum atomic E-state index is 13.1. The van der Waals surface area contributed by atoms with Gasteiger partial charge in [0.2, 0.25) is 5.91 Å². The monoisotopic (exact) mass is 375 g/mol. The first-order valence-corrected chi connectivity index (χ1v) is 8.87. The van der Waals surface area contributed by atoms with Gasteiger partial charge < -0.3 is 5.32 Å². The zero-order valence-corrected chi connectivity index (χ0v) is 14.9. The highest BCUT2D eigenvalue weighted by atomic mass is 35.5. The molecule has 1 heterocycles. The number of nitrogens with zero attached hydrogens (tertiary/aromatic N) is 2. The van der Waals surface area contributed by atoms with Gasteiger partial charge in [-0.25, -0.2) is 9.37 Å². The van der Waals surface area contributed by atoms with E-state index in [4.69, 9.17) is 11.6 Å². The molecule has 4 nitrogen and oxygen atoms in total. The number of hydrogen-bond acceptors (Lipinski definition) is 3. The molecule has 0 fully saturated rings. The van der Waals surface area contributed by atoms with E-state index in [1.165, 1.54) is 23.9 Å². The van der Waals surface area contributed by atoms with E-state index in [0.29, 0.717) is 15.9 Å². The minimum Gasteiger partial charge on any atom is -0.325 e. The number of amides is 1. The molecule has 0 aliphatic rings. The number of thioether (sulfide) groups is 1. The molecule has 0 saturated carbocycles. The van der Waals surface area contributed by atoms with Gasteiger partial charge in [0.15, 0.2) is 5.16 Å². The number of rotatable bonds is 5. The van der Waals surface area contributed by atoms with Crippen LogP contribution in [0.5, 0.6) is 0 Å². The van der Waals surface area contributed by atoms with Gasteiger partial charge in [0.25, 0.3) is 0 Å². The van der Waals surface area contributed by atoms with E-state index in [9.17, 15) is 9.18 Å². The Morgan fingerprint density at radius 3 is 2.76 bits per heavy atom. The second-order valence-corrected chi connectivity index (χ2v) is 6.71. The van der Waals surface area contributed by atoms with Crippen LogP contribution in [0.25, 0.3) is 5.69 Å². The zero-order chi connectivity index (χ0) is 17.8. The van der Waals surface area contributed by atoms with Gasteiger partial charge in [-0.15, -0.1) is 0 Å². The number of halogens is 2. The van der Waals surface area contributed by atoms with Gasteiger partial charge >= 0.3 is 0 Å². The van der Waals surface area contributed by atoms with Gasteiger partial charge in [0, 0.05) is 28.8 Å². The van der Waals surface area contributed by atoms with E-state index in [2.05, 4.69) is 10.3 Å². The van der Waals surface area contributed by atoms with E-state index >= 15 is 0 Å². The van der Waals surface area contributed by atoms with Crippen LogP contribution < -0.4 is 5.32 Å². The predicted octanol–water partition coefficient (Wildman–Crippen LogP) is 4.70. The van der Waals surface area contributed by atoms with E-state index in [1.54, 1.807) is 35.2 Å². The standard InChI is InChI=1S/C18H15ClFN3OS/c1-12-2-5-14(10-16(12)19)22-17(24)11-25-18-21-8-9-23(18)15-6-3-13(20)4-7-15/h2-10H,11H2,1H3,(H,22,24). The summed E-state index contributed by atoms with van der Waals surface area (Å²) in [6, 6.07) is 11.5. The average Bonchev–Trinajstić information content (AvgIpc) is 3.06. The van der Waals surface area contributed by atoms with Crippen LogP contribution in [0.15, 0.2) is 60.0 Å². The molecular weight excluding hydrogens is 361 g/mol. The van der Waals surface area contributed by atoms with Crippen LogP contribution in [-0.2, 0) is 4.79 Å². The Kier molecular flexibility index (Phi) is 5.40. The number of imidazole rings is 1. The molecule has 0 aliphatic heterocycles. The van der Waals surface area contributed by atoms with Gasteiger partial charge in [-0.2, -0.15) is 0 Å². The van der Waals surface area contributed by atoms with Gasteiger partial charge in [-0.1, -0.05) is 29.4 Å². The lowest BCUT2D eigenvalue weighted by molar-refractivity contribution is -0.113. The lowest BCUT2D eigenvalue weighted by Crippen LogP contribution is -2.14. The van der Waals surface area contributed by atoms with Crippen molar-refractivity contribution in [1.29, 1.82) is 0 Å². The van der Waals surface area contributed by atoms with Crippen LogP contribution in [0.3, 0.4) is 0 Å². The number of benzene rings is 2. The molecule has 0 unspecified atom stereocenters. The number of hydrogen-bond donors (Lipinski definition) is 1. The Morgan fingerprint density at radius 1 is 1.28 bits per heavy atom. The Labute approximate surface area is 154 Å². The van der Waals surface area contributed by atoms with Crippen molar-refractivity contribution in [3.63, 3.8) is 0 Å². The molecular formula is C18H15ClFN3OS. The minimum atomic E-state index is -0.297. The largest absolute Gasteiger partial charge is 0.325 e. The van der Waals surface area contributed by atoms with Crippen LogP contribution in [0.4, 0.5) is 10.1 Å². The summed E-state index contributed by atoms with van der Waals surface area (Å²) >= 11 is 7.36. The Balaban J connectivity index is 1.64. The third-order valence-corrected chi connectivity index (χ3v) is 4.87. The lowest BCUT2D eigenvalue weighted by Gasteiger charge is -2.09. The van der Waals surface area contributed by atoms with Crippen LogP contribution in [0.1, 0.15) is 5.56 Å². The molecule has 0 aliphatic carbocycles. The number of aromatic nitrogens is 2. The quantitative estimate of drug-likeness (QED) is 0.657. The van der Waals surface area contributed by atoms with E-state index in [1.807, 2.05) is 19.1 Å². The highest BCUT2D eigenvalue weighted by molar-refractivity contribution is 7.99. The van der Waals surface area contributed by atoms with E-state index in [-0.39, 0.29) is 17.5 Å². The van der Waals surface area contributed by atoms with Crippen molar-refractivity contribution < 1.29 is 9.18 Å². The maximum Gasteiger partial charge on any atom is 0.234 e. The molecule has 1 aromatic heterocycles. The number of carbonyl (C=O) groups excluding carboxylic acids is 1. The molecule has 2 aromatic carbocycles. The molecule has 25 heavy (non-hydrogen) atoms. The molecule has 1 N–H and O–H groups in total. The van der Waals surface area contributed by atoms with Crippen LogP contribution in [0, 0.1) is 12.7 Å². The van der Waals surface area contributed by atoms with Crippen molar-refractivity contribution in [3.05, 3.63) is 71.3 Å². The summed E-state index contributed by atoms with van der Waals surface area (Å²) < 4.78 is 14.9. The van der Waals surface area contributed by atoms with Crippen LogP contribution in [-0.4, -0.2) is 21.2 Å². The number of aryl methyl sites for hydroxylation is 1. The molecule has 0 atom stereocenters. The smallest absolute Gasteiger partial charge is 0.234 e. The van der Waals surface area contributed by atoms with E-state index < -0.39 is 0 Å². The van der Waals surface area contributed by atoms with Crippen molar-refractivity contribution in [1.82, 2.24) is 9.55 Å². The van der Waals surface area contributed by atoms with E-state index in [0.717, 1.165) is 11.3 Å². The molecule has 7 heteroatoms. The fourth-order valence-corrected chi connectivity index (χ4v) is 3.15. The van der Waals surface area contributed by atoms with Crippen molar-refractivity contribution in [2.24, 2.45) is 0 Å². The molecule has 3 aromatic rings. The molecule has 0 bridgehead atoms. The number of anilines is 1. The summed E-state index contributed by atoms with van der Waals surface area (Å²) in [4.78, 5) is 16.4. The summed E-state index contributed by atoms with van der Waals surface area (Å²) in [6.45, 7) is 1.90. The van der Waals surface area contributed by atoms with Crippen molar-refractivity contribution in [2.45, 2.75) is 12.1 Å². The van der Waals surface area contributed by atoms with Crippen LogP contribution >= 0.6 is 23.4 Å². The fourth-order valence-electron chi connectivity index (χ4n) is 2.19. The third kappa shape index (κ3) is 4.41. The summed E-state index contributed by atoms with van der Waals surface area (Å²) in [5.41, 5.74) is 2.39. The second kappa shape index (κ2) is 7.72. The number of nitrogens with one attached hydrogen (secondary N) is 1. The average molecular weight is 376 g/mol. The lowest BCUT2D eigenvalue weighted by atomic mass is 10.2. The highest BCUT2D eigenvalue weighted by Crippen LogP contribution is 2.22. The Hall–Kier alpha value is -2.31. The molecule has 1 amide bonds. The maximum absolute atomic E-state index is 13.1. The van der Waals surface area contributed by atoms with Crippen molar-refractivity contribution >= 4 is 35.0 Å². The molecule has 128 valence electrons. The summed E-state index contributed by atoms with van der Waals surface area (Å²) in [5.74, 6) is -0.253. The van der Waals surface area contributed by atoms with Gasteiger partial charge in [0.05, 0.1) is 5.75 Å². The number of carbonyl (C=O) groups is 1. The molecule has 0 saturated heterocycles. The van der Waals surface area contributed by atoms with Crippen molar-refractivity contribution in [3.8, 4) is 5.69 Å².